The van der Waals surface area contributed by atoms with Crippen LogP contribution in [-0.2, 0) is 0 Å². The predicted molar refractivity (Wildman–Crippen MR) is 28.3 cm³/mol. The van der Waals surface area contributed by atoms with E-state index in [9.17, 15) is 22.0 Å². The average Bonchev–Trinajstić information content (AvgIpc) is 1.53. The van der Waals surface area contributed by atoms with Crippen molar-refractivity contribution in [3.8, 4) is 0 Å². The van der Waals surface area contributed by atoms with E-state index >= 15 is 0 Å². The highest BCUT2D eigenvalue weighted by molar-refractivity contribution is 5.22. The summed E-state index contributed by atoms with van der Waals surface area (Å²) in [7, 11) is 0. The lowest BCUT2D eigenvalue weighted by molar-refractivity contribution is -0.266. The van der Waals surface area contributed by atoms with Gasteiger partial charge >= 0.3 is 12.1 Å². The molecule has 0 atom stereocenters. The normalized spacial score (nSPS) is 19.2. The fourth-order valence-electron chi connectivity index (χ4n) is 0.756. The monoisotopic (exact) mass is 172 g/mol. The molecule has 0 aliphatic heterocycles. The molecule has 1 aliphatic carbocycles. The van der Waals surface area contributed by atoms with Crippen molar-refractivity contribution >= 4 is 0 Å². The molecule has 0 amide bonds. The van der Waals surface area contributed by atoms with Crippen LogP contribution >= 0.6 is 0 Å². The quantitative estimate of drug-likeness (QED) is 0.421. The third-order valence-corrected chi connectivity index (χ3v) is 1.56. The molecule has 0 spiro atoms. The Morgan fingerprint density at radius 1 is 1.09 bits per heavy atom. The predicted octanol–water partition coefficient (Wildman–Crippen LogP) is 2.90. The average molecular weight is 172 g/mol. The Morgan fingerprint density at radius 2 is 1.55 bits per heavy atom. The van der Waals surface area contributed by atoms with Gasteiger partial charge in [-0.05, 0) is 12.8 Å². The molecule has 0 saturated carbocycles. The van der Waals surface area contributed by atoms with E-state index in [1.54, 1.807) is 0 Å². The minimum absolute atomic E-state index is 0.146. The molecule has 0 bridgehead atoms. The van der Waals surface area contributed by atoms with Gasteiger partial charge < -0.3 is 0 Å². The van der Waals surface area contributed by atoms with Gasteiger partial charge in [-0.1, -0.05) is 6.08 Å². The van der Waals surface area contributed by atoms with E-state index in [4.69, 9.17) is 0 Å². The molecular weight excluding hydrogens is 167 g/mol. The third-order valence-electron chi connectivity index (χ3n) is 1.56. The standard InChI is InChI=1S/C6H5F5/c7-5(8,6(9,10)11)4-2-1-3-4/h2H,1,3H2. The summed E-state index contributed by atoms with van der Waals surface area (Å²) in [6, 6.07) is 0. The maximum absolute atomic E-state index is 12.2. The fourth-order valence-corrected chi connectivity index (χ4v) is 0.756. The summed E-state index contributed by atoms with van der Waals surface area (Å²) in [5.74, 6) is -4.61. The van der Waals surface area contributed by atoms with E-state index in [-0.39, 0.29) is 6.42 Å². The molecule has 5 heteroatoms. The van der Waals surface area contributed by atoms with Crippen LogP contribution in [0.15, 0.2) is 11.6 Å². The minimum atomic E-state index is -5.43. The molecule has 1 rings (SSSR count). The fraction of sp³-hybridized carbons (Fsp3) is 0.667. The summed E-state index contributed by atoms with van der Waals surface area (Å²) < 4.78 is 58.9. The summed E-state index contributed by atoms with van der Waals surface area (Å²) in [6.07, 6.45) is -4.33. The maximum Gasteiger partial charge on any atom is 0.457 e. The first-order valence-corrected chi connectivity index (χ1v) is 3.00. The first-order valence-electron chi connectivity index (χ1n) is 3.00. The molecule has 0 fully saturated rings. The molecule has 0 radical (unpaired) electrons. The van der Waals surface area contributed by atoms with Gasteiger partial charge in [0.2, 0.25) is 0 Å². The number of rotatable bonds is 1. The van der Waals surface area contributed by atoms with Crippen LogP contribution in [0.3, 0.4) is 0 Å². The zero-order valence-corrected chi connectivity index (χ0v) is 5.38. The van der Waals surface area contributed by atoms with Crippen LogP contribution in [0.1, 0.15) is 12.8 Å². The van der Waals surface area contributed by atoms with Gasteiger partial charge in [-0.25, -0.2) is 0 Å². The molecule has 64 valence electrons. The first-order chi connectivity index (χ1) is 4.86. The van der Waals surface area contributed by atoms with Crippen molar-refractivity contribution in [2.75, 3.05) is 0 Å². The van der Waals surface area contributed by atoms with Gasteiger partial charge in [0.15, 0.2) is 0 Å². The van der Waals surface area contributed by atoms with E-state index in [1.807, 2.05) is 0 Å². The van der Waals surface area contributed by atoms with Crippen molar-refractivity contribution in [2.45, 2.75) is 24.9 Å². The summed E-state index contributed by atoms with van der Waals surface area (Å²) in [4.78, 5) is 0. The van der Waals surface area contributed by atoms with Crippen LogP contribution in [0, 0.1) is 0 Å². The molecule has 0 aromatic heterocycles. The van der Waals surface area contributed by atoms with Crippen molar-refractivity contribution in [1.82, 2.24) is 0 Å². The lowest BCUT2D eigenvalue weighted by Crippen LogP contribution is -2.39. The Morgan fingerprint density at radius 3 is 1.64 bits per heavy atom. The van der Waals surface area contributed by atoms with Crippen molar-refractivity contribution in [2.24, 2.45) is 0 Å². The number of hydrogen-bond acceptors (Lipinski definition) is 0. The summed E-state index contributed by atoms with van der Waals surface area (Å²) in [6.45, 7) is 0. The van der Waals surface area contributed by atoms with Gasteiger partial charge in [0.1, 0.15) is 0 Å². The smallest absolute Gasteiger partial charge is 0.191 e. The highest BCUT2D eigenvalue weighted by atomic mass is 19.4. The van der Waals surface area contributed by atoms with Crippen LogP contribution in [0.25, 0.3) is 0 Å². The third kappa shape index (κ3) is 1.23. The van der Waals surface area contributed by atoms with Crippen LogP contribution in [-0.4, -0.2) is 12.1 Å². The van der Waals surface area contributed by atoms with Crippen LogP contribution in [0.5, 0.6) is 0 Å². The van der Waals surface area contributed by atoms with E-state index in [2.05, 4.69) is 0 Å². The topological polar surface area (TPSA) is 0 Å². The molecule has 11 heavy (non-hydrogen) atoms. The summed E-state index contributed by atoms with van der Waals surface area (Å²) in [5, 5.41) is 0. The second-order valence-corrected chi connectivity index (χ2v) is 2.34. The van der Waals surface area contributed by atoms with E-state index in [0.717, 1.165) is 6.08 Å². The number of halogens is 5. The van der Waals surface area contributed by atoms with Crippen LogP contribution in [0.2, 0.25) is 0 Å². The Labute approximate surface area is 59.7 Å². The molecule has 1 aliphatic rings. The molecule has 0 N–H and O–H groups in total. The van der Waals surface area contributed by atoms with E-state index in [1.165, 1.54) is 0 Å². The van der Waals surface area contributed by atoms with Gasteiger partial charge in [-0.2, -0.15) is 22.0 Å². The zero-order chi connectivity index (χ0) is 8.70. The van der Waals surface area contributed by atoms with Crippen LogP contribution < -0.4 is 0 Å². The molecule has 0 saturated heterocycles. The number of hydrogen-bond donors (Lipinski definition) is 0. The Hall–Kier alpha value is -0.610. The first kappa shape index (κ1) is 8.49. The van der Waals surface area contributed by atoms with E-state index < -0.39 is 17.7 Å². The van der Waals surface area contributed by atoms with Crippen molar-refractivity contribution in [3.05, 3.63) is 11.6 Å². The van der Waals surface area contributed by atoms with Gasteiger partial charge in [0.25, 0.3) is 0 Å². The largest absolute Gasteiger partial charge is 0.457 e. The van der Waals surface area contributed by atoms with E-state index in [0.29, 0.717) is 6.42 Å². The van der Waals surface area contributed by atoms with Gasteiger partial charge in [-0.3, -0.25) is 0 Å². The molecule has 0 heterocycles. The van der Waals surface area contributed by atoms with Crippen molar-refractivity contribution < 1.29 is 22.0 Å². The lowest BCUT2D eigenvalue weighted by atomic mass is 9.93. The van der Waals surface area contributed by atoms with Crippen molar-refractivity contribution in [3.63, 3.8) is 0 Å². The van der Waals surface area contributed by atoms with Gasteiger partial charge in [-0.15, -0.1) is 0 Å². The molecule has 0 unspecified atom stereocenters. The van der Waals surface area contributed by atoms with Crippen molar-refractivity contribution in [1.29, 1.82) is 0 Å². The second-order valence-electron chi connectivity index (χ2n) is 2.34. The Balaban J connectivity index is 2.81. The number of alkyl halides is 5. The molecule has 0 aromatic rings. The lowest BCUT2D eigenvalue weighted by Gasteiger charge is -2.26. The Bertz CT molecular complexity index is 188. The molecule has 0 aromatic carbocycles. The highest BCUT2D eigenvalue weighted by Gasteiger charge is 2.60. The van der Waals surface area contributed by atoms with Gasteiger partial charge in [0, 0.05) is 5.57 Å². The second kappa shape index (κ2) is 2.19. The number of allylic oxidation sites excluding steroid dienone is 2. The summed E-state index contributed by atoms with van der Waals surface area (Å²) in [5.41, 5.74) is -0.801. The molecule has 0 nitrogen and oxygen atoms in total. The highest BCUT2D eigenvalue weighted by Crippen LogP contribution is 2.45. The Kier molecular flexibility index (Phi) is 1.69. The zero-order valence-electron chi connectivity index (χ0n) is 5.38. The maximum atomic E-state index is 12.2. The SMILES string of the molecule is FC(F)(F)C(F)(F)C1=CCC1. The minimum Gasteiger partial charge on any atom is -0.191 e. The summed E-state index contributed by atoms with van der Waals surface area (Å²) >= 11 is 0. The van der Waals surface area contributed by atoms with Gasteiger partial charge in [0.05, 0.1) is 0 Å². The van der Waals surface area contributed by atoms with Crippen LogP contribution in [0.4, 0.5) is 22.0 Å². The molecular formula is C6H5F5.